The van der Waals surface area contributed by atoms with Crippen molar-refractivity contribution in [3.05, 3.63) is 42.0 Å². The van der Waals surface area contributed by atoms with Crippen LogP contribution in [0.2, 0.25) is 0 Å². The number of rotatable bonds is 8. The van der Waals surface area contributed by atoms with Crippen molar-refractivity contribution in [3.63, 3.8) is 0 Å². The summed E-state index contributed by atoms with van der Waals surface area (Å²) in [5.41, 5.74) is 6.42. The molecule has 108 valence electrons. The Kier molecular flexibility index (Phi) is 5.49. The summed E-state index contributed by atoms with van der Waals surface area (Å²) in [5.74, 6) is 0.415. The Morgan fingerprint density at radius 1 is 1.20 bits per heavy atom. The average molecular weight is 278 g/mol. The van der Waals surface area contributed by atoms with E-state index in [0.29, 0.717) is 18.9 Å². The fraction of sp³-hybridized carbons (Fsp3) is 0.429. The third kappa shape index (κ3) is 4.62. The van der Waals surface area contributed by atoms with E-state index in [4.69, 9.17) is 10.5 Å². The van der Waals surface area contributed by atoms with Crippen molar-refractivity contribution >= 4 is 0 Å². The second-order valence-electron chi connectivity index (χ2n) is 4.52. The molecule has 0 fully saturated rings. The molecule has 0 aliphatic heterocycles. The predicted octanol–water partition coefficient (Wildman–Crippen LogP) is 1.78. The van der Waals surface area contributed by atoms with Crippen molar-refractivity contribution in [2.24, 2.45) is 5.73 Å². The first kappa shape index (κ1) is 14.5. The van der Waals surface area contributed by atoms with E-state index >= 15 is 0 Å². The highest BCUT2D eigenvalue weighted by molar-refractivity contribution is 5.21. The van der Waals surface area contributed by atoms with Crippen molar-refractivity contribution in [2.75, 3.05) is 13.2 Å². The maximum absolute atomic E-state index is 12.7. The van der Waals surface area contributed by atoms with Gasteiger partial charge in [0.2, 0.25) is 0 Å². The van der Waals surface area contributed by atoms with Crippen LogP contribution in [0.15, 0.2) is 30.5 Å². The van der Waals surface area contributed by atoms with Crippen LogP contribution in [0, 0.1) is 5.82 Å². The number of benzene rings is 1. The lowest BCUT2D eigenvalue weighted by Crippen LogP contribution is -2.05. The van der Waals surface area contributed by atoms with Crippen molar-refractivity contribution < 1.29 is 9.13 Å². The minimum atomic E-state index is -0.259. The van der Waals surface area contributed by atoms with E-state index in [9.17, 15) is 4.39 Å². The zero-order valence-electron chi connectivity index (χ0n) is 11.3. The minimum absolute atomic E-state index is 0.259. The van der Waals surface area contributed by atoms with Crippen LogP contribution in [0.1, 0.15) is 18.5 Å². The van der Waals surface area contributed by atoms with Crippen LogP contribution in [0.3, 0.4) is 0 Å². The highest BCUT2D eigenvalue weighted by Gasteiger charge is 2.00. The molecule has 1 heterocycles. The molecule has 0 radical (unpaired) electrons. The number of hydrogen-bond donors (Lipinski definition) is 1. The second-order valence-corrected chi connectivity index (χ2v) is 4.52. The summed E-state index contributed by atoms with van der Waals surface area (Å²) in [7, 11) is 0. The maximum atomic E-state index is 12.7. The van der Waals surface area contributed by atoms with Gasteiger partial charge in [-0.3, -0.25) is 4.68 Å². The van der Waals surface area contributed by atoms with Crippen LogP contribution in [0.25, 0.3) is 0 Å². The molecule has 0 aliphatic rings. The van der Waals surface area contributed by atoms with E-state index in [2.05, 4.69) is 10.3 Å². The Morgan fingerprint density at radius 2 is 2.00 bits per heavy atom. The predicted molar refractivity (Wildman–Crippen MR) is 73.9 cm³/mol. The van der Waals surface area contributed by atoms with Gasteiger partial charge >= 0.3 is 0 Å². The summed E-state index contributed by atoms with van der Waals surface area (Å²) in [6.07, 6.45) is 4.54. The molecular formula is C14H19FN4O. The van der Waals surface area contributed by atoms with Gasteiger partial charge in [0.05, 0.1) is 12.3 Å². The number of aromatic nitrogens is 3. The molecule has 0 saturated heterocycles. The lowest BCUT2D eigenvalue weighted by molar-refractivity contribution is 0.297. The van der Waals surface area contributed by atoms with Crippen LogP contribution >= 0.6 is 0 Å². The molecule has 2 aromatic rings. The molecule has 20 heavy (non-hydrogen) atoms. The number of halogens is 1. The lowest BCUT2D eigenvalue weighted by atomic mass is 10.2. The molecule has 1 aromatic heterocycles. The van der Waals surface area contributed by atoms with Crippen molar-refractivity contribution in [3.8, 4) is 5.75 Å². The fourth-order valence-electron chi connectivity index (χ4n) is 1.79. The van der Waals surface area contributed by atoms with E-state index in [1.54, 1.807) is 16.8 Å². The summed E-state index contributed by atoms with van der Waals surface area (Å²) in [4.78, 5) is 0. The van der Waals surface area contributed by atoms with Gasteiger partial charge in [0, 0.05) is 19.2 Å². The molecule has 0 unspecified atom stereocenters. The summed E-state index contributed by atoms with van der Waals surface area (Å²) in [5, 5.41) is 8.12. The maximum Gasteiger partial charge on any atom is 0.123 e. The topological polar surface area (TPSA) is 66.0 Å². The van der Waals surface area contributed by atoms with E-state index in [-0.39, 0.29) is 5.82 Å². The van der Waals surface area contributed by atoms with Gasteiger partial charge in [0.15, 0.2) is 0 Å². The summed E-state index contributed by atoms with van der Waals surface area (Å²) in [6.45, 7) is 1.97. The molecule has 0 spiro atoms. The fourth-order valence-corrected chi connectivity index (χ4v) is 1.79. The third-order valence-corrected chi connectivity index (χ3v) is 2.84. The third-order valence-electron chi connectivity index (χ3n) is 2.84. The lowest BCUT2D eigenvalue weighted by Gasteiger charge is -2.05. The second kappa shape index (κ2) is 7.59. The molecule has 5 nitrogen and oxygen atoms in total. The zero-order chi connectivity index (χ0) is 14.2. The van der Waals surface area contributed by atoms with Crippen LogP contribution in [0.4, 0.5) is 4.39 Å². The van der Waals surface area contributed by atoms with E-state index in [1.807, 2.05) is 6.20 Å². The number of aryl methyl sites for hydroxylation is 2. The van der Waals surface area contributed by atoms with Gasteiger partial charge in [-0.05, 0) is 43.7 Å². The van der Waals surface area contributed by atoms with Crippen LogP contribution in [-0.2, 0) is 13.0 Å². The molecule has 2 N–H and O–H groups in total. The Hall–Kier alpha value is -1.95. The summed E-state index contributed by atoms with van der Waals surface area (Å²) < 4.78 is 20.0. The van der Waals surface area contributed by atoms with Crippen molar-refractivity contribution in [2.45, 2.75) is 25.8 Å². The van der Waals surface area contributed by atoms with Gasteiger partial charge in [-0.25, -0.2) is 4.39 Å². The first-order chi connectivity index (χ1) is 9.78. The van der Waals surface area contributed by atoms with Crippen LogP contribution in [-0.4, -0.2) is 28.1 Å². The first-order valence-electron chi connectivity index (χ1n) is 6.75. The zero-order valence-corrected chi connectivity index (χ0v) is 11.3. The highest BCUT2D eigenvalue weighted by atomic mass is 19.1. The summed E-state index contributed by atoms with van der Waals surface area (Å²) >= 11 is 0. The first-order valence-corrected chi connectivity index (χ1v) is 6.75. The van der Waals surface area contributed by atoms with Gasteiger partial charge in [-0.2, -0.15) is 0 Å². The SMILES string of the molecule is NCCCc1cn(CCCOc2ccc(F)cc2)nn1. The Morgan fingerprint density at radius 3 is 2.75 bits per heavy atom. The van der Waals surface area contributed by atoms with Gasteiger partial charge < -0.3 is 10.5 Å². The standard InChI is InChI=1S/C14H19FN4O/c15-12-4-6-14(7-5-12)20-10-2-9-19-11-13(17-18-19)3-1-8-16/h4-7,11H,1-3,8-10,16H2. The Bertz CT molecular complexity index is 512. The number of nitrogens with two attached hydrogens (primary N) is 1. The molecule has 0 aliphatic carbocycles. The minimum Gasteiger partial charge on any atom is -0.494 e. The van der Waals surface area contributed by atoms with Crippen molar-refractivity contribution in [1.82, 2.24) is 15.0 Å². The number of hydrogen-bond acceptors (Lipinski definition) is 4. The molecule has 0 saturated carbocycles. The Balaban J connectivity index is 1.67. The Labute approximate surface area is 117 Å². The van der Waals surface area contributed by atoms with E-state index in [1.165, 1.54) is 12.1 Å². The van der Waals surface area contributed by atoms with Crippen molar-refractivity contribution in [1.29, 1.82) is 0 Å². The molecular weight excluding hydrogens is 259 g/mol. The van der Waals surface area contributed by atoms with E-state index in [0.717, 1.165) is 31.5 Å². The summed E-state index contributed by atoms with van der Waals surface area (Å²) in [6, 6.07) is 6.01. The molecule has 6 heteroatoms. The molecule has 1 aromatic carbocycles. The monoisotopic (exact) mass is 278 g/mol. The normalized spacial score (nSPS) is 10.7. The van der Waals surface area contributed by atoms with Crippen LogP contribution < -0.4 is 10.5 Å². The average Bonchev–Trinajstić information content (AvgIpc) is 2.91. The number of nitrogens with zero attached hydrogens (tertiary/aromatic N) is 3. The molecule has 0 atom stereocenters. The van der Waals surface area contributed by atoms with Gasteiger partial charge in [-0.1, -0.05) is 5.21 Å². The number of ether oxygens (including phenoxy) is 1. The smallest absolute Gasteiger partial charge is 0.123 e. The highest BCUT2D eigenvalue weighted by Crippen LogP contribution is 2.11. The van der Waals surface area contributed by atoms with Crippen LogP contribution in [0.5, 0.6) is 5.75 Å². The van der Waals surface area contributed by atoms with Gasteiger partial charge in [0.25, 0.3) is 0 Å². The molecule has 0 bridgehead atoms. The molecule has 0 amide bonds. The largest absolute Gasteiger partial charge is 0.494 e. The van der Waals surface area contributed by atoms with Gasteiger partial charge in [-0.15, -0.1) is 5.10 Å². The quantitative estimate of drug-likeness (QED) is 0.747. The molecule has 2 rings (SSSR count). The van der Waals surface area contributed by atoms with Gasteiger partial charge in [0.1, 0.15) is 11.6 Å². The van der Waals surface area contributed by atoms with E-state index < -0.39 is 0 Å².